The van der Waals surface area contributed by atoms with E-state index in [2.05, 4.69) is 4.74 Å². The Labute approximate surface area is 98.3 Å². The first-order valence-corrected chi connectivity index (χ1v) is 5.12. The maximum Gasteiger partial charge on any atom is 0.355 e. The monoisotopic (exact) mass is 236 g/mol. The van der Waals surface area contributed by atoms with Crippen molar-refractivity contribution < 1.29 is 23.8 Å². The van der Waals surface area contributed by atoms with Gasteiger partial charge in [-0.05, 0) is 24.6 Å². The van der Waals surface area contributed by atoms with E-state index in [1.165, 1.54) is 7.11 Å². The van der Waals surface area contributed by atoms with Crippen LogP contribution in [0.15, 0.2) is 18.2 Å². The van der Waals surface area contributed by atoms with Gasteiger partial charge in [0.25, 0.3) is 6.10 Å². The molecule has 0 aromatic heterocycles. The minimum absolute atomic E-state index is 0.198. The fourth-order valence-electron chi connectivity index (χ4n) is 1.53. The summed E-state index contributed by atoms with van der Waals surface area (Å²) in [6, 6.07) is 5.23. The number of aryl methyl sites for hydroxylation is 1. The minimum Gasteiger partial charge on any atom is -0.482 e. The molecule has 0 radical (unpaired) electrons. The molecule has 0 fully saturated rings. The number of hydrogen-bond acceptors (Lipinski definition) is 5. The van der Waals surface area contributed by atoms with Crippen molar-refractivity contribution in [1.82, 2.24) is 0 Å². The first kappa shape index (κ1) is 11.4. The summed E-state index contributed by atoms with van der Waals surface area (Å²) in [6.07, 6.45) is -1.25. The molecule has 1 aromatic rings. The highest BCUT2D eigenvalue weighted by Crippen LogP contribution is 2.31. The van der Waals surface area contributed by atoms with Crippen LogP contribution in [-0.2, 0) is 14.3 Å². The van der Waals surface area contributed by atoms with E-state index in [1.54, 1.807) is 12.1 Å². The van der Waals surface area contributed by atoms with Gasteiger partial charge in [-0.3, -0.25) is 4.79 Å². The molecule has 1 atom stereocenters. The molecule has 5 heteroatoms. The Morgan fingerprint density at radius 3 is 2.88 bits per heavy atom. The van der Waals surface area contributed by atoms with Gasteiger partial charge in [0.15, 0.2) is 18.1 Å². The zero-order valence-electron chi connectivity index (χ0n) is 9.56. The first-order chi connectivity index (χ1) is 8.11. The Kier molecular flexibility index (Phi) is 2.99. The average molecular weight is 236 g/mol. The normalized spacial score (nSPS) is 18.5. The Morgan fingerprint density at radius 2 is 2.18 bits per heavy atom. The van der Waals surface area contributed by atoms with Crippen LogP contribution in [-0.4, -0.2) is 31.6 Å². The van der Waals surface area contributed by atoms with Gasteiger partial charge in [0.1, 0.15) is 0 Å². The molecular formula is C12H12O5. The molecule has 1 aliphatic heterocycles. The van der Waals surface area contributed by atoms with Crippen LogP contribution < -0.4 is 9.47 Å². The van der Waals surface area contributed by atoms with E-state index in [0.717, 1.165) is 5.56 Å². The van der Waals surface area contributed by atoms with Gasteiger partial charge < -0.3 is 14.2 Å². The van der Waals surface area contributed by atoms with E-state index in [4.69, 9.17) is 9.47 Å². The summed E-state index contributed by atoms with van der Waals surface area (Å²) >= 11 is 0. The third-order valence-electron chi connectivity index (χ3n) is 2.42. The highest BCUT2D eigenvalue weighted by atomic mass is 16.6. The van der Waals surface area contributed by atoms with E-state index in [-0.39, 0.29) is 6.61 Å². The number of carbonyl (C=O) groups excluding carboxylic acids is 2. The van der Waals surface area contributed by atoms with Crippen LogP contribution in [0, 0.1) is 6.92 Å². The summed E-state index contributed by atoms with van der Waals surface area (Å²) in [5.41, 5.74) is 0.983. The van der Waals surface area contributed by atoms with Crippen molar-refractivity contribution in [2.45, 2.75) is 13.0 Å². The maximum atomic E-state index is 11.6. The minimum atomic E-state index is -1.25. The van der Waals surface area contributed by atoms with E-state index in [0.29, 0.717) is 11.5 Å². The third-order valence-corrected chi connectivity index (χ3v) is 2.42. The number of fused-ring (bicyclic) bond motifs is 1. The SMILES string of the molecule is COC(=O)C1Oc2ccc(C)cc2OCC1=O. The highest BCUT2D eigenvalue weighted by molar-refractivity contribution is 6.03. The van der Waals surface area contributed by atoms with E-state index < -0.39 is 17.9 Å². The smallest absolute Gasteiger partial charge is 0.355 e. The lowest BCUT2D eigenvalue weighted by Crippen LogP contribution is -2.38. The zero-order chi connectivity index (χ0) is 12.4. The summed E-state index contributed by atoms with van der Waals surface area (Å²) in [5.74, 6) is -0.334. The second kappa shape index (κ2) is 4.45. The number of Topliss-reactive ketones (excluding diaryl/α,β-unsaturated/α-hetero) is 1. The number of rotatable bonds is 1. The third kappa shape index (κ3) is 2.22. The molecule has 5 nitrogen and oxygen atoms in total. The van der Waals surface area contributed by atoms with Crippen LogP contribution in [0.25, 0.3) is 0 Å². The van der Waals surface area contributed by atoms with Crippen LogP contribution in [0.4, 0.5) is 0 Å². The fourth-order valence-corrected chi connectivity index (χ4v) is 1.53. The molecule has 2 rings (SSSR count). The molecular weight excluding hydrogens is 224 g/mol. The molecule has 90 valence electrons. The van der Waals surface area contributed by atoms with Gasteiger partial charge in [0, 0.05) is 0 Å². The van der Waals surface area contributed by atoms with Crippen LogP contribution in [0.3, 0.4) is 0 Å². The predicted molar refractivity (Wildman–Crippen MR) is 58.1 cm³/mol. The molecule has 0 aliphatic carbocycles. The molecule has 0 saturated heterocycles. The maximum absolute atomic E-state index is 11.6. The summed E-state index contributed by atoms with van der Waals surface area (Å²) < 4.78 is 15.1. The molecule has 1 aromatic carbocycles. The van der Waals surface area contributed by atoms with Gasteiger partial charge in [-0.1, -0.05) is 6.07 Å². The van der Waals surface area contributed by atoms with E-state index >= 15 is 0 Å². The van der Waals surface area contributed by atoms with E-state index in [9.17, 15) is 9.59 Å². The fraction of sp³-hybridized carbons (Fsp3) is 0.333. The second-order valence-corrected chi connectivity index (χ2v) is 3.73. The molecule has 1 unspecified atom stereocenters. The van der Waals surface area contributed by atoms with Crippen molar-refractivity contribution in [3.05, 3.63) is 23.8 Å². The van der Waals surface area contributed by atoms with Gasteiger partial charge in [0.05, 0.1) is 7.11 Å². The summed E-state index contributed by atoms with van der Waals surface area (Å²) in [7, 11) is 1.21. The largest absolute Gasteiger partial charge is 0.482 e. The number of benzene rings is 1. The number of ether oxygens (including phenoxy) is 3. The van der Waals surface area contributed by atoms with Crippen molar-refractivity contribution in [2.75, 3.05) is 13.7 Å². The summed E-state index contributed by atoms with van der Waals surface area (Å²) in [6.45, 7) is 1.70. The van der Waals surface area contributed by atoms with Crippen LogP contribution >= 0.6 is 0 Å². The standard InChI is InChI=1S/C12H12O5/c1-7-3-4-9-10(5-7)16-6-8(13)11(17-9)12(14)15-2/h3-5,11H,6H2,1-2H3. The predicted octanol–water partition coefficient (Wildman–Crippen LogP) is 0.877. The number of hydrogen-bond donors (Lipinski definition) is 0. The Morgan fingerprint density at radius 1 is 1.41 bits per heavy atom. The molecule has 0 N–H and O–H groups in total. The Bertz CT molecular complexity index is 466. The quantitative estimate of drug-likeness (QED) is 0.535. The van der Waals surface area contributed by atoms with Crippen molar-refractivity contribution in [3.63, 3.8) is 0 Å². The van der Waals surface area contributed by atoms with Crippen molar-refractivity contribution in [3.8, 4) is 11.5 Å². The van der Waals surface area contributed by atoms with Gasteiger partial charge in [-0.2, -0.15) is 0 Å². The van der Waals surface area contributed by atoms with Crippen molar-refractivity contribution >= 4 is 11.8 Å². The van der Waals surface area contributed by atoms with Crippen molar-refractivity contribution in [1.29, 1.82) is 0 Å². The lowest BCUT2D eigenvalue weighted by Gasteiger charge is -2.12. The van der Waals surface area contributed by atoms with Gasteiger partial charge in [-0.25, -0.2) is 4.79 Å². The van der Waals surface area contributed by atoms with Gasteiger partial charge in [-0.15, -0.1) is 0 Å². The van der Waals surface area contributed by atoms with Gasteiger partial charge >= 0.3 is 5.97 Å². The van der Waals surface area contributed by atoms with Crippen LogP contribution in [0.5, 0.6) is 11.5 Å². The molecule has 0 bridgehead atoms. The number of ketones is 1. The lowest BCUT2D eigenvalue weighted by molar-refractivity contribution is -0.153. The van der Waals surface area contributed by atoms with Crippen molar-refractivity contribution in [2.24, 2.45) is 0 Å². The number of carbonyl (C=O) groups is 2. The first-order valence-electron chi connectivity index (χ1n) is 5.12. The second-order valence-electron chi connectivity index (χ2n) is 3.73. The molecule has 1 aliphatic rings. The Balaban J connectivity index is 2.33. The molecule has 0 saturated carbocycles. The highest BCUT2D eigenvalue weighted by Gasteiger charge is 2.33. The zero-order valence-corrected chi connectivity index (χ0v) is 9.56. The summed E-state index contributed by atoms with van der Waals surface area (Å²) in [5, 5.41) is 0. The Hall–Kier alpha value is -2.04. The van der Waals surface area contributed by atoms with Crippen LogP contribution in [0.1, 0.15) is 5.56 Å². The van der Waals surface area contributed by atoms with Crippen LogP contribution in [0.2, 0.25) is 0 Å². The molecule has 1 heterocycles. The van der Waals surface area contributed by atoms with Gasteiger partial charge in [0.2, 0.25) is 5.78 Å². The molecule has 0 amide bonds. The molecule has 0 spiro atoms. The summed E-state index contributed by atoms with van der Waals surface area (Å²) in [4.78, 5) is 23.0. The number of esters is 1. The van der Waals surface area contributed by atoms with E-state index in [1.807, 2.05) is 13.0 Å². The average Bonchev–Trinajstić information content (AvgIpc) is 2.48. The topological polar surface area (TPSA) is 61.8 Å². The molecule has 17 heavy (non-hydrogen) atoms. The number of methoxy groups -OCH3 is 1. The lowest BCUT2D eigenvalue weighted by atomic mass is 10.2.